The van der Waals surface area contributed by atoms with Gasteiger partial charge in [0.15, 0.2) is 0 Å². The Hall–Kier alpha value is -0.410. The highest BCUT2D eigenvalue weighted by molar-refractivity contribution is 7.09. The van der Waals surface area contributed by atoms with Crippen molar-refractivity contribution in [2.75, 3.05) is 6.61 Å². The average molecular weight is 211 g/mol. The van der Waals surface area contributed by atoms with Crippen molar-refractivity contribution in [3.05, 3.63) is 16.1 Å². The summed E-state index contributed by atoms with van der Waals surface area (Å²) >= 11 is 1.74. The molecule has 1 heterocycles. The van der Waals surface area contributed by atoms with Crippen LogP contribution in [0.4, 0.5) is 0 Å². The zero-order valence-corrected chi connectivity index (χ0v) is 9.77. The minimum absolute atomic E-state index is 0.159. The zero-order valence-electron chi connectivity index (χ0n) is 8.95. The Bertz CT molecular complexity index is 326. The molecule has 0 spiro atoms. The van der Waals surface area contributed by atoms with Crippen LogP contribution in [-0.2, 0) is 5.41 Å². The summed E-state index contributed by atoms with van der Waals surface area (Å²) in [6.07, 6.45) is 1.11. The zero-order chi connectivity index (χ0) is 10.3. The summed E-state index contributed by atoms with van der Waals surface area (Å²) in [5, 5.41) is 12.3. The van der Waals surface area contributed by atoms with Crippen molar-refractivity contribution >= 4 is 11.3 Å². The van der Waals surface area contributed by atoms with Gasteiger partial charge in [-0.2, -0.15) is 0 Å². The van der Waals surface area contributed by atoms with E-state index < -0.39 is 0 Å². The van der Waals surface area contributed by atoms with Crippen LogP contribution in [0.25, 0.3) is 0 Å². The summed E-state index contributed by atoms with van der Waals surface area (Å²) in [5.74, 6) is 1.01. The first-order chi connectivity index (χ1) is 6.52. The fraction of sp³-hybridized carbons (Fsp3) is 0.727. The maximum Gasteiger partial charge on any atom is 0.0981 e. The van der Waals surface area contributed by atoms with Crippen LogP contribution in [0.3, 0.4) is 0 Å². The molecule has 1 aliphatic rings. The smallest absolute Gasteiger partial charge is 0.0981 e. The van der Waals surface area contributed by atoms with E-state index in [1.165, 1.54) is 10.7 Å². The maximum absolute atomic E-state index is 8.98. The molecule has 1 aliphatic carbocycles. The maximum atomic E-state index is 8.98. The highest BCUT2D eigenvalue weighted by Crippen LogP contribution is 2.47. The van der Waals surface area contributed by atoms with Crippen LogP contribution in [0.1, 0.15) is 43.8 Å². The quantitative estimate of drug-likeness (QED) is 0.815. The monoisotopic (exact) mass is 211 g/mol. The molecule has 1 N–H and O–H groups in total. The van der Waals surface area contributed by atoms with Gasteiger partial charge in [0.25, 0.3) is 0 Å². The number of rotatable bonds is 2. The standard InChI is InChI=1S/C11H17NOS/c1-11(2,3)10-12-9(6-14-10)8-4-7(8)5-13/h6-8,13H,4-5H2,1-3H3. The summed E-state index contributed by atoms with van der Waals surface area (Å²) < 4.78 is 0. The molecular weight excluding hydrogens is 194 g/mol. The predicted molar refractivity (Wildman–Crippen MR) is 58.7 cm³/mol. The average Bonchev–Trinajstić information content (AvgIpc) is 2.71. The lowest BCUT2D eigenvalue weighted by molar-refractivity contribution is 0.273. The van der Waals surface area contributed by atoms with Crippen molar-refractivity contribution in [3.63, 3.8) is 0 Å². The van der Waals surface area contributed by atoms with E-state index in [4.69, 9.17) is 5.11 Å². The third-order valence-electron chi connectivity index (χ3n) is 2.70. The van der Waals surface area contributed by atoms with Crippen LogP contribution in [0.2, 0.25) is 0 Å². The molecule has 1 saturated carbocycles. The van der Waals surface area contributed by atoms with Gasteiger partial charge >= 0.3 is 0 Å². The molecule has 1 aromatic heterocycles. The van der Waals surface area contributed by atoms with Crippen LogP contribution in [0.15, 0.2) is 5.38 Å². The number of hydrogen-bond acceptors (Lipinski definition) is 3. The Balaban J connectivity index is 2.12. The first-order valence-electron chi connectivity index (χ1n) is 5.09. The van der Waals surface area contributed by atoms with Crippen LogP contribution in [0.5, 0.6) is 0 Å². The van der Waals surface area contributed by atoms with Crippen LogP contribution in [-0.4, -0.2) is 16.7 Å². The molecule has 2 unspecified atom stereocenters. The lowest BCUT2D eigenvalue weighted by atomic mass is 9.98. The molecular formula is C11H17NOS. The Morgan fingerprint density at radius 2 is 2.29 bits per heavy atom. The number of nitrogens with zero attached hydrogens (tertiary/aromatic N) is 1. The summed E-state index contributed by atoms with van der Waals surface area (Å²) in [5.41, 5.74) is 1.35. The molecule has 2 rings (SSSR count). The normalized spacial score (nSPS) is 26.6. The van der Waals surface area contributed by atoms with E-state index >= 15 is 0 Å². The third-order valence-corrected chi connectivity index (χ3v) is 3.99. The molecule has 2 atom stereocenters. The molecule has 3 heteroatoms. The molecule has 0 amide bonds. The van der Waals surface area contributed by atoms with E-state index in [-0.39, 0.29) is 5.41 Å². The molecule has 2 nitrogen and oxygen atoms in total. The van der Waals surface area contributed by atoms with Gasteiger partial charge in [-0.15, -0.1) is 11.3 Å². The number of thiazole rings is 1. The number of aliphatic hydroxyl groups is 1. The Labute approximate surface area is 89.0 Å². The van der Waals surface area contributed by atoms with E-state index in [0.29, 0.717) is 18.4 Å². The van der Waals surface area contributed by atoms with Crippen molar-refractivity contribution in [2.45, 2.75) is 38.5 Å². The van der Waals surface area contributed by atoms with E-state index in [2.05, 4.69) is 31.1 Å². The topological polar surface area (TPSA) is 33.1 Å². The minimum Gasteiger partial charge on any atom is -0.396 e. The van der Waals surface area contributed by atoms with Crippen LogP contribution < -0.4 is 0 Å². The SMILES string of the molecule is CC(C)(C)c1nc(C2CC2CO)cs1. The molecule has 0 aliphatic heterocycles. The van der Waals surface area contributed by atoms with Gasteiger partial charge in [0.1, 0.15) is 0 Å². The Morgan fingerprint density at radius 1 is 1.57 bits per heavy atom. The lowest BCUT2D eigenvalue weighted by Crippen LogP contribution is -2.10. The molecule has 0 saturated heterocycles. The molecule has 1 aromatic rings. The summed E-state index contributed by atoms with van der Waals surface area (Å²) in [7, 11) is 0. The van der Waals surface area contributed by atoms with E-state index in [1.807, 2.05) is 0 Å². The Kier molecular flexibility index (Phi) is 2.40. The Morgan fingerprint density at radius 3 is 2.71 bits per heavy atom. The third kappa shape index (κ3) is 1.84. The van der Waals surface area contributed by atoms with E-state index in [9.17, 15) is 0 Å². The van der Waals surface area contributed by atoms with Gasteiger partial charge in [-0.1, -0.05) is 20.8 Å². The minimum atomic E-state index is 0.159. The van der Waals surface area contributed by atoms with Gasteiger partial charge < -0.3 is 5.11 Å². The highest BCUT2D eigenvalue weighted by Gasteiger charge is 2.39. The number of hydrogen-bond donors (Lipinski definition) is 1. The van der Waals surface area contributed by atoms with Crippen molar-refractivity contribution < 1.29 is 5.11 Å². The van der Waals surface area contributed by atoms with Crippen molar-refractivity contribution in [3.8, 4) is 0 Å². The van der Waals surface area contributed by atoms with Crippen LogP contribution in [0, 0.1) is 5.92 Å². The second-order valence-corrected chi connectivity index (χ2v) is 5.97. The van der Waals surface area contributed by atoms with Gasteiger partial charge in [-0.05, 0) is 12.3 Å². The lowest BCUT2D eigenvalue weighted by Gasteiger charge is -2.13. The van der Waals surface area contributed by atoms with Crippen molar-refractivity contribution in [2.24, 2.45) is 5.92 Å². The van der Waals surface area contributed by atoms with Gasteiger partial charge in [0.2, 0.25) is 0 Å². The molecule has 14 heavy (non-hydrogen) atoms. The summed E-state index contributed by atoms with van der Waals surface area (Å²) in [6, 6.07) is 0. The molecule has 1 fully saturated rings. The van der Waals surface area contributed by atoms with Gasteiger partial charge in [0.05, 0.1) is 10.7 Å². The molecule has 0 radical (unpaired) electrons. The second-order valence-electron chi connectivity index (χ2n) is 5.11. The number of aromatic nitrogens is 1. The summed E-state index contributed by atoms with van der Waals surface area (Å²) in [6.45, 7) is 6.87. The number of aliphatic hydroxyl groups excluding tert-OH is 1. The van der Waals surface area contributed by atoms with Crippen LogP contribution >= 0.6 is 11.3 Å². The van der Waals surface area contributed by atoms with Gasteiger partial charge in [-0.25, -0.2) is 4.98 Å². The molecule has 78 valence electrons. The van der Waals surface area contributed by atoms with Crippen molar-refractivity contribution in [1.29, 1.82) is 0 Å². The fourth-order valence-corrected chi connectivity index (χ4v) is 2.58. The molecule has 0 aromatic carbocycles. The van der Waals surface area contributed by atoms with Gasteiger partial charge in [-0.3, -0.25) is 0 Å². The van der Waals surface area contributed by atoms with E-state index in [1.54, 1.807) is 11.3 Å². The first kappa shape index (κ1) is 10.1. The largest absolute Gasteiger partial charge is 0.396 e. The fourth-order valence-electron chi connectivity index (χ4n) is 1.61. The highest BCUT2D eigenvalue weighted by atomic mass is 32.1. The van der Waals surface area contributed by atoms with Crippen molar-refractivity contribution in [1.82, 2.24) is 4.98 Å². The van der Waals surface area contributed by atoms with E-state index in [0.717, 1.165) is 6.42 Å². The summed E-state index contributed by atoms with van der Waals surface area (Å²) in [4.78, 5) is 4.65. The second kappa shape index (κ2) is 3.31. The molecule has 0 bridgehead atoms. The predicted octanol–water partition coefficient (Wildman–Crippen LogP) is 2.54. The first-order valence-corrected chi connectivity index (χ1v) is 5.97. The van der Waals surface area contributed by atoms with Gasteiger partial charge in [0, 0.05) is 23.3 Å².